The van der Waals surface area contributed by atoms with E-state index >= 15 is 0 Å². The topological polar surface area (TPSA) is 95.6 Å². The second-order valence-corrected chi connectivity index (χ2v) is 11.4. The minimum Gasteiger partial charge on any atom is -0.321 e. The Morgan fingerprint density at radius 3 is 2.28 bits per heavy atom. The van der Waals surface area contributed by atoms with E-state index in [1.165, 1.54) is 42.1 Å². The molecule has 5 rings (SSSR count). The van der Waals surface area contributed by atoms with E-state index < -0.39 is 22.9 Å². The number of anilines is 2. The molecule has 0 bridgehead atoms. The van der Waals surface area contributed by atoms with Crippen molar-refractivity contribution in [1.29, 1.82) is 0 Å². The van der Waals surface area contributed by atoms with Crippen molar-refractivity contribution >= 4 is 76.0 Å². The quantitative estimate of drug-likeness (QED) is 0.161. The number of imide groups is 1. The summed E-state index contributed by atoms with van der Waals surface area (Å²) >= 11 is 13.7. The van der Waals surface area contributed by atoms with Gasteiger partial charge in [0.05, 0.1) is 21.0 Å². The third kappa shape index (κ3) is 7.14. The Morgan fingerprint density at radius 1 is 0.884 bits per heavy atom. The van der Waals surface area contributed by atoms with Crippen LogP contribution in [0.1, 0.15) is 22.3 Å². The Labute approximate surface area is 260 Å². The molecular formula is C32H22Cl2FN3O4S. The lowest BCUT2D eigenvalue weighted by atomic mass is 10.1. The van der Waals surface area contributed by atoms with Gasteiger partial charge in [0.15, 0.2) is 0 Å². The smallest absolute Gasteiger partial charge is 0.272 e. The molecule has 7 nitrogen and oxygen atoms in total. The number of thioether (sulfide) groups is 1. The first-order valence-electron chi connectivity index (χ1n) is 12.9. The van der Waals surface area contributed by atoms with E-state index in [0.717, 1.165) is 4.90 Å². The van der Waals surface area contributed by atoms with Gasteiger partial charge < -0.3 is 10.6 Å². The number of carbonyl (C=O) groups excluding carboxylic acids is 4. The maximum Gasteiger partial charge on any atom is 0.272 e. The van der Waals surface area contributed by atoms with Gasteiger partial charge in [0.2, 0.25) is 11.8 Å². The number of nitrogens with zero attached hydrogens (tertiary/aromatic N) is 1. The molecule has 43 heavy (non-hydrogen) atoms. The lowest BCUT2D eigenvalue weighted by Gasteiger charge is -2.15. The highest BCUT2D eigenvalue weighted by atomic mass is 35.5. The van der Waals surface area contributed by atoms with Crippen LogP contribution in [0, 0.1) is 5.82 Å². The van der Waals surface area contributed by atoms with Gasteiger partial charge in [-0.25, -0.2) is 9.29 Å². The van der Waals surface area contributed by atoms with Gasteiger partial charge in [0, 0.05) is 22.6 Å². The second kappa shape index (κ2) is 13.2. The van der Waals surface area contributed by atoms with E-state index in [2.05, 4.69) is 10.6 Å². The van der Waals surface area contributed by atoms with Crippen molar-refractivity contribution in [3.05, 3.63) is 130 Å². The average molecular weight is 635 g/mol. The molecule has 0 spiro atoms. The molecule has 4 amide bonds. The third-order valence-electron chi connectivity index (χ3n) is 6.39. The zero-order chi connectivity index (χ0) is 30.5. The van der Waals surface area contributed by atoms with Crippen LogP contribution in [-0.2, 0) is 14.4 Å². The summed E-state index contributed by atoms with van der Waals surface area (Å²) in [5, 5.41) is 5.27. The van der Waals surface area contributed by atoms with Gasteiger partial charge >= 0.3 is 0 Å². The van der Waals surface area contributed by atoms with Crippen molar-refractivity contribution in [2.45, 2.75) is 16.6 Å². The van der Waals surface area contributed by atoms with Gasteiger partial charge in [-0.15, -0.1) is 11.8 Å². The summed E-state index contributed by atoms with van der Waals surface area (Å²) in [6, 6.07) is 25.2. The van der Waals surface area contributed by atoms with E-state index in [4.69, 9.17) is 23.2 Å². The highest BCUT2D eigenvalue weighted by molar-refractivity contribution is 8.00. The van der Waals surface area contributed by atoms with E-state index in [1.807, 2.05) is 0 Å². The molecule has 1 fully saturated rings. The van der Waals surface area contributed by atoms with Crippen molar-refractivity contribution in [3.63, 3.8) is 0 Å². The Bertz CT molecular complexity index is 1730. The molecule has 11 heteroatoms. The largest absolute Gasteiger partial charge is 0.321 e. The molecule has 1 heterocycles. The first kappa shape index (κ1) is 30.0. The number of amides is 4. The Balaban J connectivity index is 1.30. The zero-order valence-electron chi connectivity index (χ0n) is 22.2. The fraction of sp³-hybridized carbons (Fsp3) is 0.0625. The van der Waals surface area contributed by atoms with Crippen molar-refractivity contribution in [1.82, 2.24) is 5.32 Å². The molecule has 0 radical (unpaired) electrons. The fourth-order valence-electron chi connectivity index (χ4n) is 4.27. The molecule has 2 N–H and O–H groups in total. The van der Waals surface area contributed by atoms with Crippen LogP contribution >= 0.6 is 35.0 Å². The Morgan fingerprint density at radius 2 is 1.58 bits per heavy atom. The lowest BCUT2D eigenvalue weighted by molar-refractivity contribution is -0.121. The predicted molar refractivity (Wildman–Crippen MR) is 167 cm³/mol. The summed E-state index contributed by atoms with van der Waals surface area (Å²) in [6.45, 7) is 0. The number of hydrogen-bond acceptors (Lipinski definition) is 5. The van der Waals surface area contributed by atoms with E-state index in [9.17, 15) is 23.6 Å². The van der Waals surface area contributed by atoms with Crippen LogP contribution in [0.15, 0.2) is 108 Å². The second-order valence-electron chi connectivity index (χ2n) is 9.35. The summed E-state index contributed by atoms with van der Waals surface area (Å²) in [7, 11) is 0. The molecule has 1 saturated heterocycles. The molecule has 1 unspecified atom stereocenters. The molecule has 1 aliphatic rings. The highest BCUT2D eigenvalue weighted by Crippen LogP contribution is 2.34. The summed E-state index contributed by atoms with van der Waals surface area (Å²) in [5.74, 6) is -2.31. The normalized spacial score (nSPS) is 15.0. The minimum atomic E-state index is -0.650. The number of nitrogens with one attached hydrogen (secondary N) is 2. The van der Waals surface area contributed by atoms with Crippen LogP contribution in [0.3, 0.4) is 0 Å². The molecule has 0 aromatic heterocycles. The number of hydrogen-bond donors (Lipinski definition) is 2. The van der Waals surface area contributed by atoms with Crippen LogP contribution in [0.25, 0.3) is 6.08 Å². The van der Waals surface area contributed by atoms with Crippen LogP contribution in [-0.4, -0.2) is 28.9 Å². The van der Waals surface area contributed by atoms with Crippen molar-refractivity contribution in [3.8, 4) is 0 Å². The molecule has 1 atom stereocenters. The van der Waals surface area contributed by atoms with Gasteiger partial charge in [-0.3, -0.25) is 19.2 Å². The number of benzene rings is 4. The van der Waals surface area contributed by atoms with Crippen molar-refractivity contribution < 1.29 is 23.6 Å². The minimum absolute atomic E-state index is 0.000687. The molecule has 0 aliphatic carbocycles. The third-order valence-corrected chi connectivity index (χ3v) is 8.42. The van der Waals surface area contributed by atoms with Crippen LogP contribution in [0.2, 0.25) is 10.0 Å². The monoisotopic (exact) mass is 633 g/mol. The van der Waals surface area contributed by atoms with E-state index in [-0.39, 0.29) is 29.0 Å². The summed E-state index contributed by atoms with van der Waals surface area (Å²) in [4.78, 5) is 53.5. The fourth-order valence-corrected chi connectivity index (χ4v) is 5.68. The van der Waals surface area contributed by atoms with Crippen LogP contribution in [0.4, 0.5) is 15.8 Å². The summed E-state index contributed by atoms with van der Waals surface area (Å²) in [6.07, 6.45) is 1.44. The summed E-state index contributed by atoms with van der Waals surface area (Å²) in [5.41, 5.74) is 1.48. The summed E-state index contributed by atoms with van der Waals surface area (Å²) < 4.78 is 13.3. The first-order chi connectivity index (χ1) is 20.7. The standard InChI is InChI=1S/C32H22Cl2FN3O4S/c33-25-8-4-7-20(29(25)34)17-26(37-30(40)19-5-2-1-3-6-19)31(41)36-22-11-15-24(16-12-22)43-27-18-28(39)38(32(27)42)23-13-9-21(35)10-14-23/h1-17,27H,18H2,(H,36,41)(H,37,40)/b26-17-. The molecule has 0 saturated carbocycles. The van der Waals surface area contributed by atoms with E-state index in [0.29, 0.717) is 32.4 Å². The maximum absolute atomic E-state index is 13.3. The Kier molecular flexibility index (Phi) is 9.25. The SMILES string of the molecule is O=C(Nc1ccc(SC2CC(=O)N(c3ccc(F)cc3)C2=O)cc1)/C(=C/c1cccc(Cl)c1Cl)NC(=O)c1ccccc1. The Hall–Kier alpha value is -4.44. The van der Waals surface area contributed by atoms with Crippen molar-refractivity contribution in [2.75, 3.05) is 10.2 Å². The zero-order valence-corrected chi connectivity index (χ0v) is 24.6. The van der Waals surface area contributed by atoms with Gasteiger partial charge in [-0.1, -0.05) is 53.5 Å². The maximum atomic E-state index is 13.3. The van der Waals surface area contributed by atoms with E-state index in [1.54, 1.807) is 72.8 Å². The van der Waals surface area contributed by atoms with Gasteiger partial charge in [-0.2, -0.15) is 0 Å². The molecule has 1 aliphatic heterocycles. The van der Waals surface area contributed by atoms with Crippen LogP contribution < -0.4 is 15.5 Å². The molecule has 4 aromatic carbocycles. The number of halogens is 3. The number of carbonyl (C=O) groups is 4. The van der Waals surface area contributed by atoms with Gasteiger partial charge in [0.1, 0.15) is 11.5 Å². The van der Waals surface area contributed by atoms with Crippen LogP contribution in [0.5, 0.6) is 0 Å². The highest BCUT2D eigenvalue weighted by Gasteiger charge is 2.40. The van der Waals surface area contributed by atoms with Crippen molar-refractivity contribution in [2.24, 2.45) is 0 Å². The predicted octanol–water partition coefficient (Wildman–Crippen LogP) is 6.97. The lowest BCUT2D eigenvalue weighted by Crippen LogP contribution is -2.31. The molecular weight excluding hydrogens is 612 g/mol. The first-order valence-corrected chi connectivity index (χ1v) is 14.6. The van der Waals surface area contributed by atoms with Gasteiger partial charge in [-0.05, 0) is 78.4 Å². The average Bonchev–Trinajstić information content (AvgIpc) is 3.28. The molecule has 4 aromatic rings. The number of rotatable bonds is 8. The molecule has 216 valence electrons. The van der Waals surface area contributed by atoms with Gasteiger partial charge in [0.25, 0.3) is 11.8 Å².